The predicted octanol–water partition coefficient (Wildman–Crippen LogP) is 2.94. The Morgan fingerprint density at radius 1 is 1.53 bits per heavy atom. The highest BCUT2D eigenvalue weighted by Gasteiger charge is 2.14. The fourth-order valence-corrected chi connectivity index (χ4v) is 1.90. The molecule has 0 aromatic carbocycles. The zero-order valence-electron chi connectivity index (χ0n) is 12.0. The van der Waals surface area contributed by atoms with Crippen LogP contribution in [0.3, 0.4) is 0 Å². The average molecular weight is 261 g/mol. The minimum atomic E-state index is -0.0231. The molecule has 0 saturated carbocycles. The standard InChI is InChI=1S/C15H23N3O/c1-5-8-12(4)17-13-9-10-16-14(11-13)15(19)18(6-2)7-3/h5,9-12H,1,6-8H2,2-4H3,(H,16,17). The molecular weight excluding hydrogens is 238 g/mol. The average Bonchev–Trinajstić information content (AvgIpc) is 2.40. The maximum atomic E-state index is 12.2. The van der Waals surface area contributed by atoms with E-state index in [1.807, 2.05) is 26.0 Å². The van der Waals surface area contributed by atoms with Crippen LogP contribution in [0.25, 0.3) is 0 Å². The van der Waals surface area contributed by atoms with Crippen LogP contribution in [0.2, 0.25) is 0 Å². The van der Waals surface area contributed by atoms with Gasteiger partial charge in [-0.3, -0.25) is 9.78 Å². The van der Waals surface area contributed by atoms with E-state index in [4.69, 9.17) is 0 Å². The molecule has 19 heavy (non-hydrogen) atoms. The number of amides is 1. The second-order valence-corrected chi connectivity index (χ2v) is 4.48. The lowest BCUT2D eigenvalue weighted by Gasteiger charge is -2.19. The van der Waals surface area contributed by atoms with Crippen LogP contribution in [-0.4, -0.2) is 34.9 Å². The zero-order chi connectivity index (χ0) is 14.3. The zero-order valence-corrected chi connectivity index (χ0v) is 12.0. The van der Waals surface area contributed by atoms with Gasteiger partial charge in [-0.2, -0.15) is 0 Å². The molecular formula is C15H23N3O. The number of hydrogen-bond donors (Lipinski definition) is 1. The smallest absolute Gasteiger partial charge is 0.272 e. The van der Waals surface area contributed by atoms with Gasteiger partial charge in [-0.1, -0.05) is 6.08 Å². The van der Waals surface area contributed by atoms with Gasteiger partial charge in [0.1, 0.15) is 5.69 Å². The lowest BCUT2D eigenvalue weighted by Crippen LogP contribution is -2.31. The molecule has 4 heteroatoms. The Morgan fingerprint density at radius 3 is 2.79 bits per heavy atom. The van der Waals surface area contributed by atoms with Crippen LogP contribution in [0.5, 0.6) is 0 Å². The molecule has 0 aliphatic carbocycles. The highest BCUT2D eigenvalue weighted by Crippen LogP contribution is 2.12. The molecule has 1 rings (SSSR count). The van der Waals surface area contributed by atoms with Crippen LogP contribution in [0.1, 0.15) is 37.7 Å². The third-order valence-electron chi connectivity index (χ3n) is 2.96. The molecule has 1 unspecified atom stereocenters. The third-order valence-corrected chi connectivity index (χ3v) is 2.96. The maximum Gasteiger partial charge on any atom is 0.272 e. The summed E-state index contributed by atoms with van der Waals surface area (Å²) >= 11 is 0. The van der Waals surface area contributed by atoms with Crippen molar-refractivity contribution in [3.8, 4) is 0 Å². The monoisotopic (exact) mass is 261 g/mol. The summed E-state index contributed by atoms with van der Waals surface area (Å²) in [7, 11) is 0. The summed E-state index contributed by atoms with van der Waals surface area (Å²) in [5.74, 6) is -0.0231. The number of nitrogens with one attached hydrogen (secondary N) is 1. The molecule has 0 saturated heterocycles. The van der Waals surface area contributed by atoms with E-state index in [0.717, 1.165) is 12.1 Å². The third kappa shape index (κ3) is 4.39. The SMILES string of the molecule is C=CCC(C)Nc1ccnc(C(=O)N(CC)CC)c1. The van der Waals surface area contributed by atoms with Crippen molar-refractivity contribution in [1.82, 2.24) is 9.88 Å². The molecule has 4 nitrogen and oxygen atoms in total. The van der Waals surface area contributed by atoms with Crippen LogP contribution in [0, 0.1) is 0 Å². The number of pyridine rings is 1. The molecule has 0 spiro atoms. The number of hydrogen-bond acceptors (Lipinski definition) is 3. The molecule has 1 N–H and O–H groups in total. The second-order valence-electron chi connectivity index (χ2n) is 4.48. The summed E-state index contributed by atoms with van der Waals surface area (Å²) in [5.41, 5.74) is 1.40. The van der Waals surface area contributed by atoms with Gasteiger partial charge in [0.05, 0.1) is 0 Å². The first kappa shape index (κ1) is 15.2. The Bertz CT molecular complexity index is 427. The van der Waals surface area contributed by atoms with E-state index < -0.39 is 0 Å². The largest absolute Gasteiger partial charge is 0.382 e. The van der Waals surface area contributed by atoms with Crippen LogP contribution in [0.15, 0.2) is 31.0 Å². The summed E-state index contributed by atoms with van der Waals surface area (Å²) in [6.07, 6.45) is 4.42. The summed E-state index contributed by atoms with van der Waals surface area (Å²) in [4.78, 5) is 18.1. The van der Waals surface area contributed by atoms with Crippen LogP contribution < -0.4 is 5.32 Å². The molecule has 1 aromatic rings. The van der Waals surface area contributed by atoms with Gasteiger partial charge in [0.2, 0.25) is 0 Å². The van der Waals surface area contributed by atoms with E-state index in [-0.39, 0.29) is 11.9 Å². The topological polar surface area (TPSA) is 45.2 Å². The Kier molecular flexibility index (Phi) is 6.06. The number of aromatic nitrogens is 1. The molecule has 0 bridgehead atoms. The molecule has 1 atom stereocenters. The molecule has 1 aromatic heterocycles. The summed E-state index contributed by atoms with van der Waals surface area (Å²) in [5, 5.41) is 3.33. The first-order valence-electron chi connectivity index (χ1n) is 6.75. The van der Waals surface area contributed by atoms with Gasteiger partial charge in [0, 0.05) is 31.0 Å². The van der Waals surface area contributed by atoms with E-state index in [0.29, 0.717) is 18.8 Å². The summed E-state index contributed by atoms with van der Waals surface area (Å²) in [6, 6.07) is 3.97. The van der Waals surface area contributed by atoms with E-state index in [1.54, 1.807) is 17.2 Å². The fourth-order valence-electron chi connectivity index (χ4n) is 1.90. The fraction of sp³-hybridized carbons (Fsp3) is 0.467. The molecule has 1 heterocycles. The van der Waals surface area contributed by atoms with Crippen LogP contribution >= 0.6 is 0 Å². The van der Waals surface area contributed by atoms with Gasteiger partial charge >= 0.3 is 0 Å². The Hall–Kier alpha value is -1.84. The van der Waals surface area contributed by atoms with Crippen LogP contribution in [0.4, 0.5) is 5.69 Å². The first-order valence-corrected chi connectivity index (χ1v) is 6.75. The Balaban J connectivity index is 2.81. The molecule has 0 fully saturated rings. The molecule has 0 radical (unpaired) electrons. The number of carbonyl (C=O) groups excluding carboxylic acids is 1. The maximum absolute atomic E-state index is 12.2. The lowest BCUT2D eigenvalue weighted by atomic mass is 10.2. The Morgan fingerprint density at radius 2 is 2.21 bits per heavy atom. The van der Waals surface area contributed by atoms with Crippen molar-refractivity contribution in [1.29, 1.82) is 0 Å². The van der Waals surface area contributed by atoms with E-state index in [9.17, 15) is 4.79 Å². The summed E-state index contributed by atoms with van der Waals surface area (Å²) in [6.45, 7) is 11.1. The van der Waals surface area contributed by atoms with Crippen molar-refractivity contribution in [3.63, 3.8) is 0 Å². The minimum Gasteiger partial charge on any atom is -0.382 e. The first-order chi connectivity index (χ1) is 9.12. The molecule has 0 aliphatic heterocycles. The quantitative estimate of drug-likeness (QED) is 0.768. The van der Waals surface area contributed by atoms with E-state index in [1.165, 1.54) is 0 Å². The highest BCUT2D eigenvalue weighted by molar-refractivity contribution is 5.93. The number of carbonyl (C=O) groups is 1. The van der Waals surface area contributed by atoms with Gasteiger partial charge in [-0.25, -0.2) is 0 Å². The van der Waals surface area contributed by atoms with Gasteiger partial charge in [-0.15, -0.1) is 6.58 Å². The van der Waals surface area contributed by atoms with E-state index in [2.05, 4.69) is 23.8 Å². The molecule has 104 valence electrons. The lowest BCUT2D eigenvalue weighted by molar-refractivity contribution is 0.0767. The van der Waals surface area contributed by atoms with Crippen molar-refractivity contribution in [2.75, 3.05) is 18.4 Å². The Labute approximate surface area is 115 Å². The second kappa shape index (κ2) is 7.56. The number of nitrogens with zero attached hydrogens (tertiary/aromatic N) is 2. The van der Waals surface area contributed by atoms with Crippen molar-refractivity contribution in [3.05, 3.63) is 36.7 Å². The number of rotatable bonds is 7. The minimum absolute atomic E-state index is 0.0231. The van der Waals surface area contributed by atoms with Gasteiger partial charge in [0.25, 0.3) is 5.91 Å². The van der Waals surface area contributed by atoms with Gasteiger partial charge < -0.3 is 10.2 Å². The number of anilines is 1. The highest BCUT2D eigenvalue weighted by atomic mass is 16.2. The van der Waals surface area contributed by atoms with Crippen molar-refractivity contribution >= 4 is 11.6 Å². The van der Waals surface area contributed by atoms with Crippen molar-refractivity contribution < 1.29 is 4.79 Å². The van der Waals surface area contributed by atoms with Crippen molar-refractivity contribution in [2.24, 2.45) is 0 Å². The van der Waals surface area contributed by atoms with Gasteiger partial charge in [0.15, 0.2) is 0 Å². The summed E-state index contributed by atoms with van der Waals surface area (Å²) < 4.78 is 0. The molecule has 1 amide bonds. The molecule has 0 aliphatic rings. The normalized spacial score (nSPS) is 11.7. The van der Waals surface area contributed by atoms with Crippen LogP contribution in [-0.2, 0) is 0 Å². The van der Waals surface area contributed by atoms with E-state index >= 15 is 0 Å². The van der Waals surface area contributed by atoms with Gasteiger partial charge in [-0.05, 0) is 39.3 Å². The predicted molar refractivity (Wildman–Crippen MR) is 79.4 cm³/mol. The van der Waals surface area contributed by atoms with Crippen molar-refractivity contribution in [2.45, 2.75) is 33.2 Å².